The summed E-state index contributed by atoms with van der Waals surface area (Å²) < 4.78 is 10.7. The van der Waals surface area contributed by atoms with Crippen molar-refractivity contribution in [3.63, 3.8) is 0 Å². The van der Waals surface area contributed by atoms with E-state index in [1.807, 2.05) is 0 Å². The van der Waals surface area contributed by atoms with E-state index in [-0.39, 0.29) is 73.6 Å². The van der Waals surface area contributed by atoms with Crippen LogP contribution in [0.4, 0.5) is 0 Å². The summed E-state index contributed by atoms with van der Waals surface area (Å²) in [5, 5.41) is 0. The molecular formula is C26H40N2O8. The fraction of sp³-hybridized carbons (Fsp3) is 0.769. The maximum atomic E-state index is 12.7. The largest absolute Gasteiger partial charge is 0.463 e. The van der Waals surface area contributed by atoms with Crippen LogP contribution < -0.4 is 0 Å². The van der Waals surface area contributed by atoms with Crippen molar-refractivity contribution >= 4 is 35.6 Å². The van der Waals surface area contributed by atoms with Crippen LogP contribution in [0.25, 0.3) is 0 Å². The Kier molecular flexibility index (Phi) is 9.07. The minimum Gasteiger partial charge on any atom is -0.463 e. The molecule has 2 saturated heterocycles. The quantitative estimate of drug-likeness (QED) is 0.307. The molecule has 4 unspecified atom stereocenters. The fourth-order valence-electron chi connectivity index (χ4n) is 4.18. The molecule has 0 saturated carbocycles. The Morgan fingerprint density at radius 2 is 0.861 bits per heavy atom. The molecular weight excluding hydrogens is 468 g/mol. The zero-order valence-electron chi connectivity index (χ0n) is 22.7. The molecule has 0 radical (unpaired) electrons. The summed E-state index contributed by atoms with van der Waals surface area (Å²) in [6, 6.07) is 0. The molecule has 202 valence electrons. The summed E-state index contributed by atoms with van der Waals surface area (Å²) in [4.78, 5) is 76.3. The number of carbonyl (C=O) groups excluding carboxylic acids is 6. The van der Waals surface area contributed by atoms with Crippen LogP contribution in [0.5, 0.6) is 0 Å². The number of ether oxygens (including phenoxy) is 2. The molecule has 0 aromatic heterocycles. The monoisotopic (exact) mass is 508 g/mol. The Labute approximate surface area is 213 Å². The van der Waals surface area contributed by atoms with Crippen LogP contribution in [-0.4, -0.2) is 71.7 Å². The molecule has 2 aliphatic heterocycles. The van der Waals surface area contributed by atoms with Crippen LogP contribution in [0.2, 0.25) is 0 Å². The van der Waals surface area contributed by atoms with Gasteiger partial charge in [0.25, 0.3) is 0 Å². The smallest absolute Gasteiger partial charge is 0.311 e. The Bertz CT molecular complexity index is 811. The van der Waals surface area contributed by atoms with Crippen molar-refractivity contribution in [2.75, 3.05) is 26.3 Å². The van der Waals surface area contributed by atoms with Crippen LogP contribution in [0, 0.1) is 34.5 Å². The van der Waals surface area contributed by atoms with Gasteiger partial charge in [0.1, 0.15) is 13.2 Å². The second-order valence-corrected chi connectivity index (χ2v) is 11.4. The average Bonchev–Trinajstić information content (AvgIpc) is 3.12. The van der Waals surface area contributed by atoms with Crippen LogP contribution in [0.3, 0.4) is 0 Å². The standard InChI is InChI=1S/C26H40N2O8/c1-15-16(2)20(30)27(19(15)29)11-13-35-23(33)25(5,6)9-10-26(7,8)24(34)36-14-12-28-21(31)17(3)18(4)22(28)32/h15-18H,9-14H2,1-8H3. The van der Waals surface area contributed by atoms with E-state index >= 15 is 0 Å². The first-order chi connectivity index (χ1) is 16.5. The highest BCUT2D eigenvalue weighted by molar-refractivity contribution is 6.05. The first-order valence-electron chi connectivity index (χ1n) is 12.6. The third kappa shape index (κ3) is 6.13. The van der Waals surface area contributed by atoms with Crippen LogP contribution in [-0.2, 0) is 38.2 Å². The molecule has 0 aromatic rings. The number of rotatable bonds is 11. The number of esters is 2. The zero-order chi connectivity index (χ0) is 27.6. The van der Waals surface area contributed by atoms with Gasteiger partial charge < -0.3 is 9.47 Å². The first-order valence-corrected chi connectivity index (χ1v) is 12.6. The zero-order valence-corrected chi connectivity index (χ0v) is 22.7. The van der Waals surface area contributed by atoms with Gasteiger partial charge in [0.05, 0.1) is 23.9 Å². The number of carbonyl (C=O) groups is 6. The van der Waals surface area contributed by atoms with Crippen molar-refractivity contribution < 1.29 is 38.2 Å². The first kappa shape index (κ1) is 29.5. The molecule has 0 N–H and O–H groups in total. The topological polar surface area (TPSA) is 127 Å². The minimum atomic E-state index is -0.905. The van der Waals surface area contributed by atoms with E-state index in [4.69, 9.17) is 9.47 Å². The maximum absolute atomic E-state index is 12.7. The Balaban J connectivity index is 1.79. The molecule has 0 spiro atoms. The molecule has 2 rings (SSSR count). The summed E-state index contributed by atoms with van der Waals surface area (Å²) in [5.74, 6) is -3.52. The van der Waals surface area contributed by atoms with Crippen LogP contribution >= 0.6 is 0 Å². The fourth-order valence-corrected chi connectivity index (χ4v) is 4.18. The van der Waals surface area contributed by atoms with E-state index in [0.717, 1.165) is 9.80 Å². The van der Waals surface area contributed by atoms with Crippen molar-refractivity contribution in [3.05, 3.63) is 0 Å². The molecule has 4 atom stereocenters. The highest BCUT2D eigenvalue weighted by Crippen LogP contribution is 2.33. The number of imide groups is 2. The number of amides is 4. The number of likely N-dealkylation sites (tertiary alicyclic amines) is 2. The average molecular weight is 509 g/mol. The lowest BCUT2D eigenvalue weighted by atomic mass is 9.79. The van der Waals surface area contributed by atoms with Crippen molar-refractivity contribution in [2.24, 2.45) is 34.5 Å². The summed E-state index contributed by atoms with van der Waals surface area (Å²) in [5.41, 5.74) is -1.81. The predicted octanol–water partition coefficient (Wildman–Crippen LogP) is 2.19. The molecule has 0 aromatic carbocycles. The van der Waals surface area contributed by atoms with Crippen LogP contribution in [0.15, 0.2) is 0 Å². The summed E-state index contributed by atoms with van der Waals surface area (Å²) in [7, 11) is 0. The van der Waals surface area contributed by atoms with E-state index in [1.54, 1.807) is 55.4 Å². The van der Waals surface area contributed by atoms with Crippen LogP contribution in [0.1, 0.15) is 68.2 Å². The van der Waals surface area contributed by atoms with Gasteiger partial charge in [0.2, 0.25) is 23.6 Å². The Hall–Kier alpha value is -2.78. The third-order valence-corrected chi connectivity index (χ3v) is 7.70. The SMILES string of the molecule is CC1C(=O)N(CCOC(=O)C(C)(C)CCC(C)(C)C(=O)OCCN2C(=O)C(C)C(C)C2=O)C(=O)C1C. The predicted molar refractivity (Wildman–Crippen MR) is 129 cm³/mol. The lowest BCUT2D eigenvalue weighted by Gasteiger charge is -2.29. The lowest BCUT2D eigenvalue weighted by molar-refractivity contribution is -0.160. The van der Waals surface area contributed by atoms with Gasteiger partial charge in [0.15, 0.2) is 0 Å². The van der Waals surface area contributed by atoms with Crippen molar-refractivity contribution in [2.45, 2.75) is 68.2 Å². The highest BCUT2D eigenvalue weighted by Gasteiger charge is 2.43. The molecule has 4 amide bonds. The molecule has 2 fully saturated rings. The number of hydrogen-bond acceptors (Lipinski definition) is 8. The molecule has 10 heteroatoms. The number of hydrogen-bond donors (Lipinski definition) is 0. The van der Waals surface area contributed by atoms with Crippen molar-refractivity contribution in [1.29, 1.82) is 0 Å². The van der Waals surface area contributed by atoms with Gasteiger partial charge in [0, 0.05) is 23.7 Å². The van der Waals surface area contributed by atoms with Gasteiger partial charge in [-0.2, -0.15) is 0 Å². The second kappa shape index (κ2) is 11.1. The lowest BCUT2D eigenvalue weighted by Crippen LogP contribution is -2.37. The highest BCUT2D eigenvalue weighted by atomic mass is 16.5. The van der Waals surface area contributed by atoms with Crippen molar-refractivity contribution in [3.8, 4) is 0 Å². The molecule has 10 nitrogen and oxygen atoms in total. The molecule has 2 heterocycles. The second-order valence-electron chi connectivity index (χ2n) is 11.4. The van der Waals surface area contributed by atoms with Gasteiger partial charge in [-0.15, -0.1) is 0 Å². The molecule has 2 aliphatic rings. The molecule has 0 bridgehead atoms. The van der Waals surface area contributed by atoms with E-state index < -0.39 is 22.8 Å². The van der Waals surface area contributed by atoms with Crippen molar-refractivity contribution in [1.82, 2.24) is 9.80 Å². The minimum absolute atomic E-state index is 0.0194. The normalized spacial score (nSPS) is 25.1. The van der Waals surface area contributed by atoms with E-state index in [2.05, 4.69) is 0 Å². The third-order valence-electron chi connectivity index (χ3n) is 7.70. The van der Waals surface area contributed by atoms with E-state index in [1.165, 1.54) is 0 Å². The molecule has 0 aliphatic carbocycles. The van der Waals surface area contributed by atoms with Gasteiger partial charge in [-0.1, -0.05) is 27.7 Å². The van der Waals surface area contributed by atoms with E-state index in [9.17, 15) is 28.8 Å². The number of nitrogens with zero attached hydrogens (tertiary/aromatic N) is 2. The van der Waals surface area contributed by atoms with Gasteiger partial charge in [-0.25, -0.2) is 0 Å². The Morgan fingerprint density at radius 1 is 0.611 bits per heavy atom. The Morgan fingerprint density at radius 3 is 1.11 bits per heavy atom. The maximum Gasteiger partial charge on any atom is 0.311 e. The van der Waals surface area contributed by atoms with Gasteiger partial charge in [-0.3, -0.25) is 38.6 Å². The summed E-state index contributed by atoms with van der Waals surface area (Å²) in [6.45, 7) is 13.5. The van der Waals surface area contributed by atoms with Gasteiger partial charge in [-0.05, 0) is 40.5 Å². The van der Waals surface area contributed by atoms with E-state index in [0.29, 0.717) is 12.8 Å². The summed E-state index contributed by atoms with van der Waals surface area (Å²) >= 11 is 0. The van der Waals surface area contributed by atoms with Gasteiger partial charge >= 0.3 is 11.9 Å². The molecule has 36 heavy (non-hydrogen) atoms. The summed E-state index contributed by atoms with van der Waals surface area (Å²) in [6.07, 6.45) is 0.670.